The number of pyridine rings is 1. The molecule has 146 valence electrons. The first-order chi connectivity index (χ1) is 13.1. The van der Waals surface area contributed by atoms with Crippen LogP contribution in [0.1, 0.15) is 53.0 Å². The summed E-state index contributed by atoms with van der Waals surface area (Å²) in [5, 5.41) is 6.17. The molecule has 0 unspecified atom stereocenters. The first kappa shape index (κ1) is 19.9. The molecule has 0 fully saturated rings. The van der Waals surface area contributed by atoms with Crippen LogP contribution in [0.15, 0.2) is 36.5 Å². The van der Waals surface area contributed by atoms with E-state index >= 15 is 0 Å². The maximum absolute atomic E-state index is 13.0. The number of imidazole rings is 1. The number of carbonyl (C=O) groups excluding carboxylic acids is 2. The number of aromatic nitrogens is 2. The van der Waals surface area contributed by atoms with Crippen molar-refractivity contribution in [1.82, 2.24) is 14.7 Å². The van der Waals surface area contributed by atoms with Crippen molar-refractivity contribution in [2.75, 3.05) is 5.32 Å². The zero-order valence-electron chi connectivity index (χ0n) is 16.6. The summed E-state index contributed by atoms with van der Waals surface area (Å²) in [7, 11) is 0. The van der Waals surface area contributed by atoms with Crippen molar-refractivity contribution < 1.29 is 9.59 Å². The van der Waals surface area contributed by atoms with Crippen molar-refractivity contribution in [2.24, 2.45) is 0 Å². The van der Waals surface area contributed by atoms with Gasteiger partial charge < -0.3 is 10.6 Å². The Morgan fingerprint density at radius 1 is 1.11 bits per heavy atom. The van der Waals surface area contributed by atoms with Crippen LogP contribution in [0.3, 0.4) is 0 Å². The molecule has 0 spiro atoms. The van der Waals surface area contributed by atoms with Crippen molar-refractivity contribution in [3.63, 3.8) is 0 Å². The number of carbonyl (C=O) groups is 2. The van der Waals surface area contributed by atoms with Crippen LogP contribution in [0, 0.1) is 13.8 Å². The average Bonchev–Trinajstić information content (AvgIpc) is 2.96. The molecule has 2 heterocycles. The zero-order chi connectivity index (χ0) is 20.6. The number of nitrogens with zero attached hydrogens (tertiary/aromatic N) is 2. The second-order valence-electron chi connectivity index (χ2n) is 7.84. The number of anilines is 1. The molecule has 0 aliphatic heterocycles. The van der Waals surface area contributed by atoms with Crippen LogP contribution < -0.4 is 10.6 Å². The molecule has 0 atom stereocenters. The van der Waals surface area contributed by atoms with Gasteiger partial charge in [0.1, 0.15) is 0 Å². The lowest BCUT2D eigenvalue weighted by molar-refractivity contribution is 0.0908. The molecule has 2 amide bonds. The first-order valence-electron chi connectivity index (χ1n) is 8.94. The molecule has 6 nitrogen and oxygen atoms in total. The minimum absolute atomic E-state index is 0.155. The van der Waals surface area contributed by atoms with Gasteiger partial charge in [0.2, 0.25) is 5.82 Å². The van der Waals surface area contributed by atoms with Crippen molar-refractivity contribution in [2.45, 2.75) is 40.2 Å². The number of aryl methyl sites for hydroxylation is 2. The molecule has 0 radical (unpaired) electrons. The van der Waals surface area contributed by atoms with Crippen molar-refractivity contribution >= 4 is 34.6 Å². The largest absolute Gasteiger partial charge is 0.345 e. The Bertz CT molecular complexity index is 1060. The van der Waals surface area contributed by atoms with E-state index in [1.807, 2.05) is 40.7 Å². The third kappa shape index (κ3) is 4.02. The number of hydrogen-bond donors (Lipinski definition) is 2. The molecular weight excluding hydrogens is 376 g/mol. The molecule has 3 rings (SSSR count). The van der Waals surface area contributed by atoms with Crippen LogP contribution >= 0.6 is 11.6 Å². The second kappa shape index (κ2) is 7.28. The summed E-state index contributed by atoms with van der Waals surface area (Å²) in [6.45, 7) is 9.47. The maximum atomic E-state index is 13.0. The molecule has 0 aliphatic carbocycles. The van der Waals surface area contributed by atoms with Gasteiger partial charge in [0.05, 0.1) is 16.2 Å². The Labute approximate surface area is 168 Å². The van der Waals surface area contributed by atoms with Crippen LogP contribution in [0.5, 0.6) is 0 Å². The number of halogens is 1. The van der Waals surface area contributed by atoms with E-state index in [0.717, 1.165) is 11.1 Å². The van der Waals surface area contributed by atoms with Crippen LogP contribution in [-0.4, -0.2) is 26.7 Å². The van der Waals surface area contributed by atoms with Gasteiger partial charge in [-0.1, -0.05) is 23.7 Å². The van der Waals surface area contributed by atoms with Crippen LogP contribution in [0.25, 0.3) is 5.52 Å². The standard InChI is InChI=1S/C21H23ClN4O2/c1-12-10-13(2)16(14(22)11-12)24-19(27)17-15-8-6-7-9-26(15)18(23-17)20(28)25-21(3,4)5/h6-11H,1-5H3,(H,24,27)(H,25,28). The van der Waals surface area contributed by atoms with Gasteiger partial charge in [-0.3, -0.25) is 14.0 Å². The van der Waals surface area contributed by atoms with Crippen LogP contribution in [-0.2, 0) is 0 Å². The highest BCUT2D eigenvalue weighted by Gasteiger charge is 2.24. The number of rotatable bonds is 3. The smallest absolute Gasteiger partial charge is 0.288 e. The Morgan fingerprint density at radius 2 is 1.82 bits per heavy atom. The van der Waals surface area contributed by atoms with Crippen LogP contribution in [0.4, 0.5) is 5.69 Å². The quantitative estimate of drug-likeness (QED) is 0.687. The summed E-state index contributed by atoms with van der Waals surface area (Å²) in [6, 6.07) is 9.06. The normalized spacial score (nSPS) is 11.5. The van der Waals surface area contributed by atoms with Gasteiger partial charge in [0.15, 0.2) is 5.69 Å². The second-order valence-corrected chi connectivity index (χ2v) is 8.24. The molecule has 1 aromatic carbocycles. The van der Waals surface area contributed by atoms with E-state index < -0.39 is 11.4 Å². The average molecular weight is 399 g/mol. The molecule has 3 aromatic rings. The highest BCUT2D eigenvalue weighted by atomic mass is 35.5. The molecule has 2 aromatic heterocycles. The molecule has 0 bridgehead atoms. The van der Waals surface area contributed by atoms with Gasteiger partial charge in [0.25, 0.3) is 11.8 Å². The van der Waals surface area contributed by atoms with Gasteiger partial charge in [-0.05, 0) is 63.9 Å². The summed E-state index contributed by atoms with van der Waals surface area (Å²) in [4.78, 5) is 30.0. The van der Waals surface area contributed by atoms with E-state index in [1.165, 1.54) is 0 Å². The number of nitrogens with one attached hydrogen (secondary N) is 2. The monoisotopic (exact) mass is 398 g/mol. The minimum atomic E-state index is -0.424. The van der Waals surface area contributed by atoms with E-state index in [-0.39, 0.29) is 17.4 Å². The van der Waals surface area contributed by atoms with Gasteiger partial charge in [-0.15, -0.1) is 0 Å². The van der Waals surface area contributed by atoms with E-state index in [2.05, 4.69) is 15.6 Å². The Morgan fingerprint density at radius 3 is 2.46 bits per heavy atom. The van der Waals surface area contributed by atoms with Gasteiger partial charge in [0, 0.05) is 11.7 Å². The lowest BCUT2D eigenvalue weighted by Crippen LogP contribution is -2.41. The van der Waals surface area contributed by atoms with E-state index in [0.29, 0.717) is 16.2 Å². The SMILES string of the molecule is Cc1cc(C)c(NC(=O)c2nc(C(=O)NC(C)(C)C)n3ccccc23)c(Cl)c1. The van der Waals surface area contributed by atoms with E-state index in [1.54, 1.807) is 34.9 Å². The molecular formula is C21H23ClN4O2. The maximum Gasteiger partial charge on any atom is 0.288 e. The minimum Gasteiger partial charge on any atom is -0.345 e. The van der Waals surface area contributed by atoms with E-state index in [4.69, 9.17) is 11.6 Å². The molecule has 28 heavy (non-hydrogen) atoms. The number of hydrogen-bond acceptors (Lipinski definition) is 3. The molecule has 0 aliphatic rings. The third-order valence-electron chi connectivity index (χ3n) is 4.13. The van der Waals surface area contributed by atoms with Crippen molar-refractivity contribution in [3.8, 4) is 0 Å². The fraction of sp³-hybridized carbons (Fsp3) is 0.286. The first-order valence-corrected chi connectivity index (χ1v) is 9.32. The number of fused-ring (bicyclic) bond motifs is 1. The lowest BCUT2D eigenvalue weighted by Gasteiger charge is -2.19. The predicted molar refractivity (Wildman–Crippen MR) is 111 cm³/mol. The highest BCUT2D eigenvalue weighted by molar-refractivity contribution is 6.34. The summed E-state index contributed by atoms with van der Waals surface area (Å²) in [5.74, 6) is -0.618. The van der Waals surface area contributed by atoms with E-state index in [9.17, 15) is 9.59 Å². The topological polar surface area (TPSA) is 75.5 Å². The predicted octanol–water partition coefficient (Wildman–Crippen LogP) is 4.39. The Hall–Kier alpha value is -2.86. The van der Waals surface area contributed by atoms with Crippen molar-refractivity contribution in [1.29, 1.82) is 0 Å². The third-order valence-corrected chi connectivity index (χ3v) is 4.42. The molecule has 0 saturated heterocycles. The summed E-state index contributed by atoms with van der Waals surface area (Å²) in [5.41, 5.74) is 2.68. The number of benzene rings is 1. The lowest BCUT2D eigenvalue weighted by atomic mass is 10.1. The van der Waals surface area contributed by atoms with Crippen molar-refractivity contribution in [3.05, 3.63) is 64.2 Å². The Kier molecular flexibility index (Phi) is 5.17. The molecule has 2 N–H and O–H groups in total. The molecule has 0 saturated carbocycles. The number of amides is 2. The van der Waals surface area contributed by atoms with Gasteiger partial charge in [-0.2, -0.15) is 0 Å². The fourth-order valence-electron chi connectivity index (χ4n) is 3.01. The van der Waals surface area contributed by atoms with Gasteiger partial charge >= 0.3 is 0 Å². The summed E-state index contributed by atoms with van der Waals surface area (Å²) in [6.07, 6.45) is 1.71. The van der Waals surface area contributed by atoms with Gasteiger partial charge in [-0.25, -0.2) is 4.98 Å². The Balaban J connectivity index is 2.02. The zero-order valence-corrected chi connectivity index (χ0v) is 17.3. The summed E-state index contributed by atoms with van der Waals surface area (Å²) >= 11 is 6.31. The summed E-state index contributed by atoms with van der Waals surface area (Å²) < 4.78 is 1.61. The molecule has 7 heteroatoms. The highest BCUT2D eigenvalue weighted by Crippen LogP contribution is 2.28. The fourth-order valence-corrected chi connectivity index (χ4v) is 3.38. The van der Waals surface area contributed by atoms with Crippen LogP contribution in [0.2, 0.25) is 5.02 Å².